The van der Waals surface area contributed by atoms with Gasteiger partial charge in [-0.1, -0.05) is 97.4 Å². The minimum Gasteiger partial charge on any atom is -0.481 e. The number of aliphatic carboxylic acids is 1. The Morgan fingerprint density at radius 2 is 1.12 bits per heavy atom. The summed E-state index contributed by atoms with van der Waals surface area (Å²) in [4.78, 5) is 26.2. The minimum atomic E-state index is -0.869. The predicted molar refractivity (Wildman–Crippen MR) is 131 cm³/mol. The first kappa shape index (κ1) is 22.4. The van der Waals surface area contributed by atoms with Gasteiger partial charge in [-0.2, -0.15) is 0 Å². The number of carbonyl (C=O) groups excluding carboxylic acids is 1. The maximum atomic E-state index is 13.8. The number of carboxylic acids is 1. The summed E-state index contributed by atoms with van der Waals surface area (Å²) < 4.78 is 6.26. The van der Waals surface area contributed by atoms with Gasteiger partial charge in [0.15, 0.2) is 0 Å². The number of rotatable bonds is 6. The molecule has 2 saturated carbocycles. The molecule has 4 atom stereocenters. The Kier molecular flexibility index (Phi) is 6.48. The topological polar surface area (TPSA) is 63.6 Å². The van der Waals surface area contributed by atoms with Crippen LogP contribution in [0.15, 0.2) is 91.0 Å². The number of hydrogen-bond acceptors (Lipinski definition) is 3. The molecular formula is C30H30O4. The molecule has 3 aromatic rings. The van der Waals surface area contributed by atoms with E-state index in [1.807, 2.05) is 78.9 Å². The van der Waals surface area contributed by atoms with Crippen molar-refractivity contribution in [2.45, 2.75) is 49.5 Å². The highest BCUT2D eigenvalue weighted by molar-refractivity contribution is 5.84. The van der Waals surface area contributed by atoms with Crippen LogP contribution in [0.1, 0.15) is 60.1 Å². The Bertz CT molecular complexity index is 1060. The van der Waals surface area contributed by atoms with E-state index < -0.39 is 29.6 Å². The van der Waals surface area contributed by atoms with E-state index in [-0.39, 0.29) is 18.0 Å². The molecule has 1 N–H and O–H groups in total. The van der Waals surface area contributed by atoms with Gasteiger partial charge in [-0.25, -0.2) is 0 Å². The molecule has 4 heteroatoms. The molecule has 2 aliphatic rings. The van der Waals surface area contributed by atoms with Crippen LogP contribution >= 0.6 is 0 Å². The van der Waals surface area contributed by atoms with Crippen LogP contribution in [0.2, 0.25) is 0 Å². The Hall–Kier alpha value is -3.40. The first-order valence-corrected chi connectivity index (χ1v) is 12.2. The van der Waals surface area contributed by atoms with Gasteiger partial charge in [0, 0.05) is 17.8 Å². The fraction of sp³-hybridized carbons (Fsp3) is 0.333. The second-order valence-electron chi connectivity index (χ2n) is 9.54. The number of hydrogen-bond donors (Lipinski definition) is 1. The van der Waals surface area contributed by atoms with E-state index in [2.05, 4.69) is 12.1 Å². The summed E-state index contributed by atoms with van der Waals surface area (Å²) in [5, 5.41) is 10.2. The first-order chi connectivity index (χ1) is 16.6. The molecule has 0 heterocycles. The molecule has 0 spiro atoms. The normalized spacial score (nSPS) is 28.5. The Morgan fingerprint density at radius 3 is 1.62 bits per heavy atom. The van der Waals surface area contributed by atoms with Gasteiger partial charge in [0.1, 0.15) is 6.10 Å². The average Bonchev–Trinajstić information content (AvgIpc) is 2.85. The summed E-state index contributed by atoms with van der Waals surface area (Å²) in [6, 6.07) is 29.4. The smallest absolute Gasteiger partial charge is 0.310 e. The van der Waals surface area contributed by atoms with E-state index in [0.717, 1.165) is 36.8 Å². The van der Waals surface area contributed by atoms with Crippen LogP contribution in [0, 0.1) is 11.8 Å². The second kappa shape index (κ2) is 9.84. The summed E-state index contributed by atoms with van der Waals surface area (Å²) >= 11 is 0. The summed E-state index contributed by atoms with van der Waals surface area (Å²) in [7, 11) is 0. The molecule has 2 aliphatic carbocycles. The average molecular weight is 455 g/mol. The molecule has 0 aromatic heterocycles. The number of esters is 1. The van der Waals surface area contributed by atoms with Gasteiger partial charge >= 0.3 is 11.9 Å². The van der Waals surface area contributed by atoms with E-state index in [9.17, 15) is 14.7 Å². The zero-order valence-electron chi connectivity index (χ0n) is 19.1. The lowest BCUT2D eigenvalue weighted by molar-refractivity contribution is -0.170. The molecule has 2 fully saturated rings. The van der Waals surface area contributed by atoms with E-state index in [1.165, 1.54) is 5.56 Å². The SMILES string of the molecule is O=C(O)[C@H]1[C@@H](c2ccccc2)[C@H](C(=O)OC2CCCCC2c2ccccc2)[C@@H]1c1ccccc1. The molecule has 2 unspecified atom stereocenters. The highest BCUT2D eigenvalue weighted by Crippen LogP contribution is 2.58. The van der Waals surface area contributed by atoms with Crippen molar-refractivity contribution < 1.29 is 19.4 Å². The lowest BCUT2D eigenvalue weighted by atomic mass is 9.52. The van der Waals surface area contributed by atoms with E-state index in [4.69, 9.17) is 4.74 Å². The fourth-order valence-electron chi connectivity index (χ4n) is 6.08. The first-order valence-electron chi connectivity index (χ1n) is 12.2. The van der Waals surface area contributed by atoms with Crippen molar-refractivity contribution >= 4 is 11.9 Å². The van der Waals surface area contributed by atoms with E-state index in [0.29, 0.717) is 0 Å². The highest BCUT2D eigenvalue weighted by Gasteiger charge is 2.59. The molecule has 0 saturated heterocycles. The largest absolute Gasteiger partial charge is 0.481 e. The predicted octanol–water partition coefficient (Wildman–Crippen LogP) is 6.15. The monoisotopic (exact) mass is 454 g/mol. The van der Waals surface area contributed by atoms with Crippen LogP contribution in [0.5, 0.6) is 0 Å². The van der Waals surface area contributed by atoms with Gasteiger partial charge in [0.25, 0.3) is 0 Å². The molecule has 34 heavy (non-hydrogen) atoms. The van der Waals surface area contributed by atoms with Gasteiger partial charge in [-0.05, 0) is 36.0 Å². The molecular weight excluding hydrogens is 424 g/mol. The number of ether oxygens (including phenoxy) is 1. The van der Waals surface area contributed by atoms with Crippen molar-refractivity contribution in [1.82, 2.24) is 0 Å². The van der Waals surface area contributed by atoms with Crippen molar-refractivity contribution in [2.24, 2.45) is 11.8 Å². The van der Waals surface area contributed by atoms with E-state index in [1.54, 1.807) is 0 Å². The van der Waals surface area contributed by atoms with Crippen LogP contribution in [0.25, 0.3) is 0 Å². The summed E-state index contributed by atoms with van der Waals surface area (Å²) in [5.41, 5.74) is 2.97. The van der Waals surface area contributed by atoms with Gasteiger partial charge in [-0.3, -0.25) is 9.59 Å². The van der Waals surface area contributed by atoms with Crippen molar-refractivity contribution in [3.8, 4) is 0 Å². The number of carboxylic acid groups (broad SMARTS) is 1. The third-order valence-electron chi connectivity index (χ3n) is 7.67. The van der Waals surface area contributed by atoms with Crippen molar-refractivity contribution in [2.75, 3.05) is 0 Å². The second-order valence-corrected chi connectivity index (χ2v) is 9.54. The van der Waals surface area contributed by atoms with Crippen LogP contribution < -0.4 is 0 Å². The third-order valence-corrected chi connectivity index (χ3v) is 7.67. The summed E-state index contributed by atoms with van der Waals surface area (Å²) in [6.07, 6.45) is 3.81. The quantitative estimate of drug-likeness (QED) is 0.454. The molecule has 3 aromatic carbocycles. The molecule has 0 aliphatic heterocycles. The molecule has 174 valence electrons. The third kappa shape index (κ3) is 4.25. The number of benzene rings is 3. The number of carbonyl (C=O) groups is 2. The Morgan fingerprint density at radius 1 is 0.647 bits per heavy atom. The maximum absolute atomic E-state index is 13.8. The van der Waals surface area contributed by atoms with Crippen molar-refractivity contribution in [3.63, 3.8) is 0 Å². The summed E-state index contributed by atoms with van der Waals surface area (Å²) in [6.45, 7) is 0. The van der Waals surface area contributed by atoms with Gasteiger partial charge in [-0.15, -0.1) is 0 Å². The van der Waals surface area contributed by atoms with Crippen LogP contribution in [-0.2, 0) is 14.3 Å². The molecule has 5 rings (SSSR count). The van der Waals surface area contributed by atoms with Crippen molar-refractivity contribution in [3.05, 3.63) is 108 Å². The van der Waals surface area contributed by atoms with E-state index >= 15 is 0 Å². The zero-order chi connectivity index (χ0) is 23.5. The molecule has 4 nitrogen and oxygen atoms in total. The van der Waals surface area contributed by atoms with Crippen molar-refractivity contribution in [1.29, 1.82) is 0 Å². The Labute approximate surface area is 200 Å². The molecule has 0 bridgehead atoms. The van der Waals surface area contributed by atoms with Crippen LogP contribution in [0.3, 0.4) is 0 Å². The molecule has 0 radical (unpaired) electrons. The van der Waals surface area contributed by atoms with Gasteiger partial charge < -0.3 is 9.84 Å². The molecule has 0 amide bonds. The maximum Gasteiger partial charge on any atom is 0.310 e. The lowest BCUT2D eigenvalue weighted by Gasteiger charge is -2.49. The van der Waals surface area contributed by atoms with Crippen LogP contribution in [0.4, 0.5) is 0 Å². The zero-order valence-corrected chi connectivity index (χ0v) is 19.1. The van der Waals surface area contributed by atoms with Gasteiger partial charge in [0.05, 0.1) is 11.8 Å². The fourth-order valence-corrected chi connectivity index (χ4v) is 6.08. The Balaban J connectivity index is 1.46. The lowest BCUT2D eigenvalue weighted by Crippen LogP contribution is -2.52. The van der Waals surface area contributed by atoms with Crippen LogP contribution in [-0.4, -0.2) is 23.1 Å². The standard InChI is InChI=1S/C30H30O4/c31-29(32)27-25(21-14-6-2-7-15-21)28(26(27)22-16-8-3-9-17-22)30(33)34-24-19-11-10-18-23(24)20-12-4-1-5-13-20/h1-9,12-17,23-28H,10-11,18-19H2,(H,31,32)/t23?,24?,25-,26-,27-,28-/m1/s1. The van der Waals surface area contributed by atoms with Gasteiger partial charge in [0.2, 0.25) is 0 Å². The summed E-state index contributed by atoms with van der Waals surface area (Å²) in [5.74, 6) is -2.97. The minimum absolute atomic E-state index is 0.180. The highest BCUT2D eigenvalue weighted by atomic mass is 16.5.